The number of benzene rings is 2. The number of fused-ring (bicyclic) bond motifs is 5. The number of amides is 2. The van der Waals surface area contributed by atoms with E-state index in [0.717, 1.165) is 9.47 Å². The van der Waals surface area contributed by atoms with Gasteiger partial charge < -0.3 is 28.6 Å². The van der Waals surface area contributed by atoms with Crippen molar-refractivity contribution in [3.8, 4) is 28.7 Å². The molecule has 2 fully saturated rings. The summed E-state index contributed by atoms with van der Waals surface area (Å²) >= 11 is 14.5. The summed E-state index contributed by atoms with van der Waals surface area (Å²) in [4.78, 5) is 70.3. The van der Waals surface area contributed by atoms with E-state index in [0.29, 0.717) is 33.7 Å². The first kappa shape index (κ1) is 35.2. The zero-order valence-corrected chi connectivity index (χ0v) is 30.4. The first-order valence-electron chi connectivity index (χ1n) is 16.1. The van der Waals surface area contributed by atoms with Crippen molar-refractivity contribution in [3.63, 3.8) is 0 Å². The molecule has 1 saturated heterocycles. The molecule has 7 rings (SSSR count). The maximum Gasteiger partial charge on any atom is 0.347 e. The number of ether oxygens (including phenoxy) is 4. The number of nitrogens with zero attached hydrogens (tertiary/aromatic N) is 6. The number of rotatable bonds is 8. The van der Waals surface area contributed by atoms with E-state index in [9.17, 15) is 29.1 Å². The Kier molecular flexibility index (Phi) is 8.25. The molecule has 2 amide bonds. The molecule has 52 heavy (non-hydrogen) atoms. The van der Waals surface area contributed by atoms with E-state index in [-0.39, 0.29) is 48.9 Å². The van der Waals surface area contributed by atoms with Crippen LogP contribution in [-0.2, 0) is 36.1 Å². The van der Waals surface area contributed by atoms with Crippen molar-refractivity contribution in [1.82, 2.24) is 28.4 Å². The highest BCUT2D eigenvalue weighted by Gasteiger charge is 2.75. The average molecular weight is 758 g/mol. The largest absolute Gasteiger partial charge is 0.502 e. The molecule has 4 aromatic rings. The van der Waals surface area contributed by atoms with Crippen LogP contribution in [0.1, 0.15) is 29.6 Å². The molecule has 2 aromatic carbocycles. The number of aromatic nitrogens is 5. The molecule has 4 heterocycles. The molecule has 274 valence electrons. The van der Waals surface area contributed by atoms with Crippen LogP contribution < -0.4 is 35.9 Å². The summed E-state index contributed by atoms with van der Waals surface area (Å²) in [6.45, 7) is -0.289. The Hall–Kier alpha value is -5.22. The number of allylic oxidation sites excluding steroid dienone is 2. The van der Waals surface area contributed by atoms with Gasteiger partial charge in [-0.05, 0) is 23.3 Å². The van der Waals surface area contributed by atoms with Crippen LogP contribution in [0.3, 0.4) is 0 Å². The van der Waals surface area contributed by atoms with Gasteiger partial charge in [-0.25, -0.2) is 28.5 Å². The van der Waals surface area contributed by atoms with Gasteiger partial charge in [0.2, 0.25) is 5.75 Å². The lowest BCUT2D eigenvalue weighted by Crippen LogP contribution is -2.59. The van der Waals surface area contributed by atoms with Crippen LogP contribution in [0, 0.1) is 0 Å². The second kappa shape index (κ2) is 12.2. The number of imide groups is 1. The summed E-state index contributed by atoms with van der Waals surface area (Å²) in [5.74, 6) is -2.13. The Bertz CT molecular complexity index is 2410. The van der Waals surface area contributed by atoms with E-state index in [1.807, 2.05) is 0 Å². The SMILES string of the molecule is COc1cc2nc(CCn3c(=O)n4n(c3=O)[C@@H]3C[C@@]5(Cl)C(=O)N(C)C(=O)[C@@]5(Cl)[C@@H](c5cc(OC)c(O)c(OC)c5)C3=CC4)c(=O)n(C)c2cc1OC. The third-order valence-corrected chi connectivity index (χ3v) is 11.8. The molecule has 2 aromatic heterocycles. The van der Waals surface area contributed by atoms with Crippen molar-refractivity contribution in [3.05, 3.63) is 78.5 Å². The lowest BCUT2D eigenvalue weighted by molar-refractivity contribution is -0.137. The number of carbonyl (C=O) groups excluding carboxylic acids is 2. The van der Waals surface area contributed by atoms with Crippen molar-refractivity contribution >= 4 is 46.0 Å². The van der Waals surface area contributed by atoms with E-state index in [1.54, 1.807) is 25.3 Å². The number of phenols is 1. The van der Waals surface area contributed by atoms with Gasteiger partial charge in [0.05, 0.1) is 52.1 Å². The molecule has 16 nitrogen and oxygen atoms in total. The number of likely N-dealkylation sites (tertiary alicyclic amines) is 1. The highest BCUT2D eigenvalue weighted by molar-refractivity contribution is 6.53. The average Bonchev–Trinajstić information content (AvgIpc) is 3.46. The molecular weight excluding hydrogens is 723 g/mol. The number of halogens is 2. The van der Waals surface area contributed by atoms with Crippen molar-refractivity contribution in [2.75, 3.05) is 35.5 Å². The molecule has 1 aliphatic carbocycles. The minimum Gasteiger partial charge on any atom is -0.502 e. The van der Waals surface area contributed by atoms with Gasteiger partial charge >= 0.3 is 11.4 Å². The molecule has 1 saturated carbocycles. The first-order valence-corrected chi connectivity index (χ1v) is 16.8. The lowest BCUT2D eigenvalue weighted by atomic mass is 9.64. The zero-order valence-electron chi connectivity index (χ0n) is 28.9. The second-order valence-corrected chi connectivity index (χ2v) is 14.1. The molecule has 0 radical (unpaired) electrons. The number of alkyl halides is 2. The maximum absolute atomic E-state index is 14.2. The van der Waals surface area contributed by atoms with Crippen LogP contribution in [0.4, 0.5) is 0 Å². The van der Waals surface area contributed by atoms with Crippen LogP contribution in [0.25, 0.3) is 11.0 Å². The molecular formula is C34H34Cl2N6O10. The van der Waals surface area contributed by atoms with Crippen LogP contribution >= 0.6 is 23.2 Å². The second-order valence-electron chi connectivity index (χ2n) is 12.8. The van der Waals surface area contributed by atoms with Crippen molar-refractivity contribution in [1.29, 1.82) is 0 Å². The van der Waals surface area contributed by atoms with E-state index in [2.05, 4.69) is 4.98 Å². The molecule has 3 aliphatic rings. The monoisotopic (exact) mass is 756 g/mol. The molecule has 4 atom stereocenters. The van der Waals surface area contributed by atoms with Crippen LogP contribution in [-0.4, -0.2) is 90.5 Å². The Morgan fingerprint density at radius 3 is 2.10 bits per heavy atom. The van der Waals surface area contributed by atoms with Gasteiger partial charge in [0.15, 0.2) is 32.7 Å². The summed E-state index contributed by atoms with van der Waals surface area (Å²) in [6, 6.07) is 5.18. The van der Waals surface area contributed by atoms with E-state index in [1.165, 1.54) is 61.6 Å². The number of methoxy groups -OCH3 is 4. The fourth-order valence-corrected chi connectivity index (χ4v) is 8.79. The molecule has 0 bridgehead atoms. The predicted octanol–water partition coefficient (Wildman–Crippen LogP) is 1.66. The molecule has 0 spiro atoms. The van der Waals surface area contributed by atoms with Gasteiger partial charge in [0.1, 0.15) is 5.69 Å². The van der Waals surface area contributed by atoms with E-state index in [4.69, 9.17) is 42.1 Å². The molecule has 2 aliphatic heterocycles. The van der Waals surface area contributed by atoms with Gasteiger partial charge in [-0.15, -0.1) is 23.2 Å². The first-order chi connectivity index (χ1) is 24.7. The molecule has 0 unspecified atom stereocenters. The van der Waals surface area contributed by atoms with Gasteiger partial charge in [0, 0.05) is 51.5 Å². The van der Waals surface area contributed by atoms with Crippen molar-refractivity contribution < 1.29 is 33.6 Å². The maximum atomic E-state index is 14.2. The molecule has 1 N–H and O–H groups in total. The van der Waals surface area contributed by atoms with Gasteiger partial charge in [-0.2, -0.15) is 0 Å². The Morgan fingerprint density at radius 2 is 1.48 bits per heavy atom. The Balaban J connectivity index is 1.33. The number of phenolic OH excluding ortho intramolecular Hbond substituents is 1. The predicted molar refractivity (Wildman–Crippen MR) is 187 cm³/mol. The summed E-state index contributed by atoms with van der Waals surface area (Å²) in [7, 11) is 8.48. The van der Waals surface area contributed by atoms with Crippen LogP contribution in [0.5, 0.6) is 28.7 Å². The van der Waals surface area contributed by atoms with Crippen LogP contribution in [0.2, 0.25) is 0 Å². The fraction of sp³-hybridized carbons (Fsp3) is 0.412. The van der Waals surface area contributed by atoms with Gasteiger partial charge in [-0.1, -0.05) is 6.08 Å². The minimum absolute atomic E-state index is 0.00435. The number of carbonyl (C=O) groups is 2. The third-order valence-electron chi connectivity index (χ3n) is 10.4. The van der Waals surface area contributed by atoms with Gasteiger partial charge in [0.25, 0.3) is 17.4 Å². The number of hydrogen-bond donors (Lipinski definition) is 1. The smallest absolute Gasteiger partial charge is 0.347 e. The standard InChI is InChI=1S/C34H34Cl2N6O10/c1-38-20-14-23(50-4)22(49-3)13-19(20)37-18(28(38)44)8-9-40-31(47)41-10-7-17-21(42(41)32(40)48)15-33(35)29(45)39(2)30(46)34(33,36)26(17)16-11-24(51-5)27(43)25(12-16)52-6/h7,11-14,21,26,43H,8-10,15H2,1-6H3/t21-,26+,33-,34+/m1/s1. The summed E-state index contributed by atoms with van der Waals surface area (Å²) in [5, 5.41) is 10.7. The number of aromatic hydroxyl groups is 1. The quantitative estimate of drug-likeness (QED) is 0.157. The highest BCUT2D eigenvalue weighted by atomic mass is 35.5. The summed E-state index contributed by atoms with van der Waals surface area (Å²) < 4.78 is 26.4. The van der Waals surface area contributed by atoms with Crippen LogP contribution in [0.15, 0.2) is 50.3 Å². The van der Waals surface area contributed by atoms with Crippen molar-refractivity contribution in [2.45, 2.75) is 47.6 Å². The highest BCUT2D eigenvalue weighted by Crippen LogP contribution is 2.63. The van der Waals surface area contributed by atoms with E-state index >= 15 is 0 Å². The topological polar surface area (TPSA) is 178 Å². The minimum atomic E-state index is -2.07. The summed E-state index contributed by atoms with van der Waals surface area (Å²) in [6.07, 6.45) is 1.31. The zero-order chi connectivity index (χ0) is 37.6. The number of aryl methyl sites for hydroxylation is 2. The third kappa shape index (κ3) is 4.59. The summed E-state index contributed by atoms with van der Waals surface area (Å²) in [5.41, 5.74) is 0.000170. The normalized spacial score (nSPS) is 23.6. The molecule has 18 heteroatoms. The fourth-order valence-electron chi connectivity index (χ4n) is 7.79. The van der Waals surface area contributed by atoms with Gasteiger partial charge in [-0.3, -0.25) is 19.3 Å². The van der Waals surface area contributed by atoms with Crippen molar-refractivity contribution in [2.24, 2.45) is 7.05 Å². The lowest BCUT2D eigenvalue weighted by Gasteiger charge is -2.49. The Morgan fingerprint density at radius 1 is 0.865 bits per heavy atom. The van der Waals surface area contributed by atoms with E-state index < -0.39 is 50.5 Å². The Labute approximate surface area is 304 Å². The number of hydrogen-bond acceptors (Lipinski definition) is 11.